The number of thiophene rings is 1. The Kier molecular flexibility index (Phi) is 4.56. The SMILES string of the molecule is CNC(=O)CN1C(=O)C2CN(Cc3ccc(Cl)s3)CCN2C1=O. The number of halogens is 1. The molecule has 2 fully saturated rings. The molecule has 9 heteroatoms. The lowest BCUT2D eigenvalue weighted by atomic mass is 10.2. The van der Waals surface area contributed by atoms with Gasteiger partial charge in [-0.15, -0.1) is 11.3 Å². The molecule has 124 valence electrons. The van der Waals surface area contributed by atoms with E-state index in [1.54, 1.807) is 4.90 Å². The lowest BCUT2D eigenvalue weighted by Gasteiger charge is -2.35. The summed E-state index contributed by atoms with van der Waals surface area (Å²) in [5.41, 5.74) is 0. The van der Waals surface area contributed by atoms with Crippen LogP contribution in [0.2, 0.25) is 4.34 Å². The molecule has 7 nitrogen and oxygen atoms in total. The van der Waals surface area contributed by atoms with E-state index >= 15 is 0 Å². The third-order valence-electron chi connectivity index (χ3n) is 4.08. The summed E-state index contributed by atoms with van der Waals surface area (Å²) in [6, 6.07) is 2.95. The van der Waals surface area contributed by atoms with Gasteiger partial charge in [0.05, 0.1) is 4.34 Å². The zero-order chi connectivity index (χ0) is 16.6. The number of rotatable bonds is 4. The van der Waals surface area contributed by atoms with Crippen molar-refractivity contribution in [2.24, 2.45) is 0 Å². The molecular formula is C14H17ClN4O3S. The van der Waals surface area contributed by atoms with Gasteiger partial charge in [-0.2, -0.15) is 0 Å². The molecule has 1 unspecified atom stereocenters. The summed E-state index contributed by atoms with van der Waals surface area (Å²) in [4.78, 5) is 42.1. The largest absolute Gasteiger partial charge is 0.358 e. The van der Waals surface area contributed by atoms with E-state index in [2.05, 4.69) is 10.2 Å². The molecule has 3 rings (SSSR count). The Labute approximate surface area is 142 Å². The second-order valence-corrected chi connectivity index (χ2v) is 7.33. The van der Waals surface area contributed by atoms with E-state index in [4.69, 9.17) is 11.6 Å². The summed E-state index contributed by atoms with van der Waals surface area (Å²) < 4.78 is 0.738. The molecule has 1 atom stereocenters. The summed E-state index contributed by atoms with van der Waals surface area (Å²) in [6.07, 6.45) is 0. The Hall–Kier alpha value is -1.64. The van der Waals surface area contributed by atoms with Gasteiger partial charge in [-0.05, 0) is 12.1 Å². The minimum atomic E-state index is -0.503. The van der Waals surface area contributed by atoms with Gasteiger partial charge in [-0.25, -0.2) is 4.79 Å². The number of nitrogens with zero attached hydrogens (tertiary/aromatic N) is 3. The van der Waals surface area contributed by atoms with Crippen LogP contribution < -0.4 is 5.32 Å². The van der Waals surface area contributed by atoms with Crippen molar-refractivity contribution in [2.45, 2.75) is 12.6 Å². The molecule has 0 aromatic carbocycles. The van der Waals surface area contributed by atoms with Crippen LogP contribution in [0.15, 0.2) is 12.1 Å². The van der Waals surface area contributed by atoms with Gasteiger partial charge in [0.2, 0.25) is 5.91 Å². The second-order valence-electron chi connectivity index (χ2n) is 5.53. The first kappa shape index (κ1) is 16.2. The molecule has 0 bridgehead atoms. The fraction of sp³-hybridized carbons (Fsp3) is 0.500. The molecule has 1 aromatic heterocycles. The quantitative estimate of drug-likeness (QED) is 0.802. The Balaban J connectivity index is 1.67. The van der Waals surface area contributed by atoms with Crippen LogP contribution in [0.3, 0.4) is 0 Å². The number of nitrogens with one attached hydrogen (secondary N) is 1. The molecule has 0 saturated carbocycles. The maximum Gasteiger partial charge on any atom is 0.328 e. The molecule has 3 heterocycles. The molecule has 1 N–H and O–H groups in total. The highest BCUT2D eigenvalue weighted by atomic mass is 35.5. The minimum absolute atomic E-state index is 0.221. The van der Waals surface area contributed by atoms with E-state index in [9.17, 15) is 14.4 Å². The zero-order valence-corrected chi connectivity index (χ0v) is 14.2. The maximum atomic E-state index is 12.4. The van der Waals surface area contributed by atoms with E-state index in [1.807, 2.05) is 12.1 Å². The number of carbonyl (C=O) groups excluding carboxylic acids is 3. The number of likely N-dealkylation sites (N-methyl/N-ethyl adjacent to an activating group) is 1. The van der Waals surface area contributed by atoms with E-state index in [0.717, 1.165) is 14.1 Å². The van der Waals surface area contributed by atoms with E-state index < -0.39 is 6.04 Å². The fourth-order valence-electron chi connectivity index (χ4n) is 2.88. The monoisotopic (exact) mass is 356 g/mol. The van der Waals surface area contributed by atoms with Crippen molar-refractivity contribution in [2.75, 3.05) is 33.2 Å². The minimum Gasteiger partial charge on any atom is -0.358 e. The molecule has 1 aromatic rings. The molecule has 4 amide bonds. The molecule has 2 aliphatic rings. The third-order valence-corrected chi connectivity index (χ3v) is 5.30. The number of piperazine rings is 1. The zero-order valence-electron chi connectivity index (χ0n) is 12.6. The summed E-state index contributed by atoms with van der Waals surface area (Å²) in [7, 11) is 1.48. The average molecular weight is 357 g/mol. The van der Waals surface area contributed by atoms with Crippen LogP contribution in [0, 0.1) is 0 Å². The van der Waals surface area contributed by atoms with Crippen LogP contribution in [-0.4, -0.2) is 71.8 Å². The van der Waals surface area contributed by atoms with Crippen LogP contribution in [0.5, 0.6) is 0 Å². The topological polar surface area (TPSA) is 73.0 Å². The first-order valence-electron chi connectivity index (χ1n) is 7.28. The van der Waals surface area contributed by atoms with Crippen molar-refractivity contribution in [1.82, 2.24) is 20.0 Å². The van der Waals surface area contributed by atoms with Gasteiger partial charge < -0.3 is 10.2 Å². The van der Waals surface area contributed by atoms with Crippen molar-refractivity contribution >= 4 is 40.8 Å². The van der Waals surface area contributed by atoms with E-state index in [1.165, 1.54) is 18.4 Å². The summed E-state index contributed by atoms with van der Waals surface area (Å²) in [5.74, 6) is -0.649. The standard InChI is InChI=1S/C14H17ClN4O3S/c1-16-12(20)8-19-13(21)10-7-17(4-5-18(10)14(19)22)6-9-2-3-11(15)23-9/h2-3,10H,4-8H2,1H3,(H,16,20). The van der Waals surface area contributed by atoms with Crippen LogP contribution in [-0.2, 0) is 16.1 Å². The molecule has 2 aliphatic heterocycles. The maximum absolute atomic E-state index is 12.4. The highest BCUT2D eigenvalue weighted by molar-refractivity contribution is 7.16. The van der Waals surface area contributed by atoms with Gasteiger partial charge in [0.15, 0.2) is 0 Å². The van der Waals surface area contributed by atoms with E-state index in [0.29, 0.717) is 26.2 Å². The smallest absolute Gasteiger partial charge is 0.328 e. The van der Waals surface area contributed by atoms with Crippen molar-refractivity contribution in [3.8, 4) is 0 Å². The normalized spacial score (nSPS) is 21.7. The number of hydrogen-bond donors (Lipinski definition) is 1. The third kappa shape index (κ3) is 3.19. The van der Waals surface area contributed by atoms with Crippen LogP contribution in [0.4, 0.5) is 4.79 Å². The van der Waals surface area contributed by atoms with Crippen LogP contribution in [0.1, 0.15) is 4.88 Å². The second kappa shape index (κ2) is 6.46. The Morgan fingerprint density at radius 1 is 1.39 bits per heavy atom. The molecule has 2 saturated heterocycles. The van der Waals surface area contributed by atoms with Crippen molar-refractivity contribution in [3.63, 3.8) is 0 Å². The lowest BCUT2D eigenvalue weighted by Crippen LogP contribution is -2.52. The van der Waals surface area contributed by atoms with Crippen LogP contribution >= 0.6 is 22.9 Å². The van der Waals surface area contributed by atoms with Gasteiger partial charge >= 0.3 is 6.03 Å². The number of imide groups is 1. The lowest BCUT2D eigenvalue weighted by molar-refractivity contribution is -0.133. The first-order valence-corrected chi connectivity index (χ1v) is 8.48. The van der Waals surface area contributed by atoms with Crippen LogP contribution in [0.25, 0.3) is 0 Å². The number of amides is 4. The van der Waals surface area contributed by atoms with Gasteiger partial charge in [-0.1, -0.05) is 11.6 Å². The fourth-order valence-corrected chi connectivity index (χ4v) is 4.01. The summed E-state index contributed by atoms with van der Waals surface area (Å²) in [6.45, 7) is 2.14. The predicted octanol–water partition coefficient (Wildman–Crippen LogP) is 0.596. The Morgan fingerprint density at radius 3 is 2.83 bits per heavy atom. The van der Waals surface area contributed by atoms with Crippen molar-refractivity contribution < 1.29 is 14.4 Å². The Bertz CT molecular complexity index is 650. The number of fused-ring (bicyclic) bond motifs is 1. The number of hydrogen-bond acceptors (Lipinski definition) is 5. The predicted molar refractivity (Wildman–Crippen MR) is 86.3 cm³/mol. The van der Waals surface area contributed by atoms with Gasteiger partial charge in [0.1, 0.15) is 12.6 Å². The molecule has 0 spiro atoms. The molecule has 0 aliphatic carbocycles. The molecule has 0 radical (unpaired) electrons. The number of urea groups is 1. The van der Waals surface area contributed by atoms with Gasteiger partial charge in [-0.3, -0.25) is 19.4 Å². The van der Waals surface area contributed by atoms with Crippen molar-refractivity contribution in [3.05, 3.63) is 21.3 Å². The van der Waals surface area contributed by atoms with Gasteiger partial charge in [0, 0.05) is 38.1 Å². The van der Waals surface area contributed by atoms with E-state index in [-0.39, 0.29) is 24.4 Å². The average Bonchev–Trinajstić information content (AvgIpc) is 3.04. The van der Waals surface area contributed by atoms with Crippen molar-refractivity contribution in [1.29, 1.82) is 0 Å². The highest BCUT2D eigenvalue weighted by Crippen LogP contribution is 2.26. The molecule has 23 heavy (non-hydrogen) atoms. The van der Waals surface area contributed by atoms with Gasteiger partial charge in [0.25, 0.3) is 5.91 Å². The first-order chi connectivity index (χ1) is 11.0. The summed E-state index contributed by atoms with van der Waals surface area (Å²) >= 11 is 7.45. The summed E-state index contributed by atoms with van der Waals surface area (Å²) in [5, 5.41) is 2.43. The highest BCUT2D eigenvalue weighted by Gasteiger charge is 2.47. The molecular weight excluding hydrogens is 340 g/mol. The number of carbonyl (C=O) groups is 3. The Morgan fingerprint density at radius 2 is 2.17 bits per heavy atom.